The van der Waals surface area contributed by atoms with Crippen LogP contribution in [0.4, 0.5) is 0 Å². The van der Waals surface area contributed by atoms with Crippen LogP contribution in [0.5, 0.6) is 0 Å². The number of amides is 1. The number of para-hydroxylation sites is 1. The first-order valence-corrected chi connectivity index (χ1v) is 11.9. The molecule has 10 nitrogen and oxygen atoms in total. The SMILES string of the molecule is O=C(NO)C(=Cc1c[nH]c2ccccc12)n1cc(CNS(=O)(=O)c2ccc(Br)s2)nn1. The third kappa shape index (κ3) is 4.60. The van der Waals surface area contributed by atoms with Crippen LogP contribution in [0.15, 0.2) is 56.8 Å². The number of hydrogen-bond donors (Lipinski definition) is 4. The Balaban J connectivity index is 1.59. The Morgan fingerprint density at radius 2 is 2.10 bits per heavy atom. The Labute approximate surface area is 188 Å². The maximum Gasteiger partial charge on any atom is 0.293 e. The summed E-state index contributed by atoms with van der Waals surface area (Å²) < 4.78 is 29.2. The standard InChI is InChI=1S/C18H15BrN6O4S2/c19-16-5-6-17(30-16)31(28,29)21-9-12-10-25(24-22-12)15(18(26)23-27)7-11-8-20-14-4-2-1-3-13(11)14/h1-8,10,20-21,27H,9H2,(H,23,26). The van der Waals surface area contributed by atoms with E-state index in [4.69, 9.17) is 5.21 Å². The van der Waals surface area contributed by atoms with Crippen molar-refractivity contribution in [2.75, 3.05) is 0 Å². The second kappa shape index (κ2) is 8.72. The minimum absolute atomic E-state index is 0.00366. The molecule has 0 unspecified atom stereocenters. The Hall–Kier alpha value is -2.84. The molecule has 160 valence electrons. The van der Waals surface area contributed by atoms with E-state index in [1.54, 1.807) is 17.7 Å². The quantitative estimate of drug-likeness (QED) is 0.167. The fourth-order valence-electron chi connectivity index (χ4n) is 2.83. The van der Waals surface area contributed by atoms with Crippen LogP contribution >= 0.6 is 27.3 Å². The molecular weight excluding hydrogens is 508 g/mol. The average molecular weight is 523 g/mol. The minimum atomic E-state index is -3.71. The second-order valence-electron chi connectivity index (χ2n) is 6.30. The largest absolute Gasteiger partial charge is 0.361 e. The van der Waals surface area contributed by atoms with Crippen molar-refractivity contribution in [2.45, 2.75) is 10.8 Å². The maximum absolute atomic E-state index is 12.4. The third-order valence-corrected chi connectivity index (χ3v) is 7.81. The van der Waals surface area contributed by atoms with E-state index in [0.717, 1.165) is 22.2 Å². The van der Waals surface area contributed by atoms with Gasteiger partial charge in [-0.1, -0.05) is 23.4 Å². The number of fused-ring (bicyclic) bond motifs is 1. The molecule has 1 amide bonds. The number of thiophene rings is 1. The number of nitrogens with one attached hydrogen (secondary N) is 3. The molecule has 3 heterocycles. The first-order valence-electron chi connectivity index (χ1n) is 8.76. The fourth-order valence-corrected chi connectivity index (χ4v) is 5.89. The van der Waals surface area contributed by atoms with Crippen molar-refractivity contribution in [3.8, 4) is 0 Å². The lowest BCUT2D eigenvalue weighted by molar-refractivity contribution is -0.123. The van der Waals surface area contributed by atoms with Gasteiger partial charge in [-0.25, -0.2) is 23.3 Å². The number of nitrogens with zero attached hydrogens (tertiary/aromatic N) is 3. The smallest absolute Gasteiger partial charge is 0.293 e. The monoisotopic (exact) mass is 522 g/mol. The molecule has 0 fully saturated rings. The van der Waals surface area contributed by atoms with Crippen molar-refractivity contribution >= 4 is 65.9 Å². The predicted octanol–water partition coefficient (Wildman–Crippen LogP) is 2.57. The lowest BCUT2D eigenvalue weighted by atomic mass is 10.1. The Morgan fingerprint density at radius 3 is 2.84 bits per heavy atom. The number of carbonyl (C=O) groups is 1. The summed E-state index contributed by atoms with van der Waals surface area (Å²) in [6, 6.07) is 10.7. The number of carbonyl (C=O) groups excluding carboxylic acids is 1. The molecule has 31 heavy (non-hydrogen) atoms. The lowest BCUT2D eigenvalue weighted by Gasteiger charge is -2.04. The van der Waals surface area contributed by atoms with Gasteiger partial charge in [0.05, 0.1) is 22.2 Å². The van der Waals surface area contributed by atoms with Crippen molar-refractivity contribution in [3.63, 3.8) is 0 Å². The third-order valence-electron chi connectivity index (χ3n) is 4.29. The summed E-state index contributed by atoms with van der Waals surface area (Å²) >= 11 is 4.32. The van der Waals surface area contributed by atoms with Crippen LogP contribution in [0.3, 0.4) is 0 Å². The van der Waals surface area contributed by atoms with Gasteiger partial charge in [-0.2, -0.15) is 0 Å². The number of hydroxylamine groups is 1. The van der Waals surface area contributed by atoms with Crippen molar-refractivity contribution in [1.82, 2.24) is 30.2 Å². The topological polar surface area (TPSA) is 142 Å². The molecule has 0 saturated carbocycles. The van der Waals surface area contributed by atoms with Crippen LogP contribution in [0.1, 0.15) is 11.3 Å². The zero-order valence-electron chi connectivity index (χ0n) is 15.6. The number of aromatic amines is 1. The van der Waals surface area contributed by atoms with E-state index < -0.39 is 15.9 Å². The number of sulfonamides is 1. The highest BCUT2D eigenvalue weighted by Gasteiger charge is 2.19. The highest BCUT2D eigenvalue weighted by atomic mass is 79.9. The number of hydrogen-bond acceptors (Lipinski definition) is 7. The van der Waals surface area contributed by atoms with Crippen LogP contribution in [-0.2, 0) is 21.4 Å². The van der Waals surface area contributed by atoms with E-state index in [0.29, 0.717) is 9.35 Å². The maximum atomic E-state index is 12.4. The lowest BCUT2D eigenvalue weighted by Crippen LogP contribution is -2.23. The summed E-state index contributed by atoms with van der Waals surface area (Å²) in [5.74, 6) is -0.800. The van der Waals surface area contributed by atoms with Gasteiger partial charge in [-0.3, -0.25) is 10.0 Å². The van der Waals surface area contributed by atoms with E-state index in [1.165, 1.54) is 23.0 Å². The molecule has 4 N–H and O–H groups in total. The molecule has 0 aliphatic heterocycles. The summed E-state index contributed by atoms with van der Waals surface area (Å²) in [5.41, 5.74) is 3.46. The van der Waals surface area contributed by atoms with Crippen LogP contribution in [0.25, 0.3) is 22.7 Å². The Kier molecular flexibility index (Phi) is 6.02. The molecule has 13 heteroatoms. The molecular formula is C18H15BrN6O4S2. The zero-order valence-corrected chi connectivity index (χ0v) is 18.8. The van der Waals surface area contributed by atoms with E-state index in [1.807, 2.05) is 24.3 Å². The number of H-pyrrole nitrogens is 1. The summed E-state index contributed by atoms with van der Waals surface area (Å²) in [6.07, 6.45) is 4.67. The van der Waals surface area contributed by atoms with E-state index in [2.05, 4.69) is 35.9 Å². The van der Waals surface area contributed by atoms with Gasteiger partial charge in [0, 0.05) is 22.7 Å². The van der Waals surface area contributed by atoms with Gasteiger partial charge in [0.15, 0.2) is 0 Å². The molecule has 4 rings (SSSR count). The fraction of sp³-hybridized carbons (Fsp3) is 0.0556. The molecule has 0 radical (unpaired) electrons. The van der Waals surface area contributed by atoms with E-state index >= 15 is 0 Å². The first-order chi connectivity index (χ1) is 14.9. The summed E-state index contributed by atoms with van der Waals surface area (Å²) in [7, 11) is -3.71. The molecule has 3 aromatic heterocycles. The average Bonchev–Trinajstić information content (AvgIpc) is 3.50. The molecule has 0 aliphatic rings. The summed E-state index contributed by atoms with van der Waals surface area (Å²) in [5, 5.41) is 17.8. The molecule has 0 saturated heterocycles. The summed E-state index contributed by atoms with van der Waals surface area (Å²) in [4.78, 5) is 15.3. The van der Waals surface area contributed by atoms with Crippen molar-refractivity contribution < 1.29 is 18.4 Å². The van der Waals surface area contributed by atoms with Gasteiger partial charge in [-0.05, 0) is 40.2 Å². The van der Waals surface area contributed by atoms with Crippen LogP contribution in [-0.4, -0.2) is 39.5 Å². The van der Waals surface area contributed by atoms with Gasteiger partial charge < -0.3 is 4.98 Å². The highest BCUT2D eigenvalue weighted by Crippen LogP contribution is 2.26. The number of aromatic nitrogens is 4. The summed E-state index contributed by atoms with van der Waals surface area (Å²) in [6.45, 7) is -0.126. The molecule has 0 atom stereocenters. The van der Waals surface area contributed by atoms with Gasteiger partial charge in [0.2, 0.25) is 10.0 Å². The van der Waals surface area contributed by atoms with Crippen LogP contribution in [0, 0.1) is 0 Å². The molecule has 1 aromatic carbocycles. The second-order valence-corrected chi connectivity index (χ2v) is 10.8. The van der Waals surface area contributed by atoms with Gasteiger partial charge >= 0.3 is 0 Å². The molecule has 0 spiro atoms. The zero-order chi connectivity index (χ0) is 22.0. The number of rotatable bonds is 7. The van der Waals surface area contributed by atoms with E-state index in [-0.39, 0.29) is 22.1 Å². The number of halogens is 1. The van der Waals surface area contributed by atoms with Crippen molar-refractivity contribution in [2.24, 2.45) is 0 Å². The van der Waals surface area contributed by atoms with Crippen molar-refractivity contribution in [1.29, 1.82) is 0 Å². The molecule has 0 bridgehead atoms. The highest BCUT2D eigenvalue weighted by molar-refractivity contribution is 9.11. The normalized spacial score (nSPS) is 12.4. The van der Waals surface area contributed by atoms with Crippen LogP contribution < -0.4 is 10.2 Å². The van der Waals surface area contributed by atoms with Gasteiger partial charge in [0.1, 0.15) is 9.91 Å². The molecule has 4 aromatic rings. The molecule has 0 aliphatic carbocycles. The van der Waals surface area contributed by atoms with Crippen molar-refractivity contribution in [3.05, 3.63) is 63.8 Å². The minimum Gasteiger partial charge on any atom is -0.361 e. The Bertz CT molecular complexity index is 1390. The van der Waals surface area contributed by atoms with Gasteiger partial charge in [0.25, 0.3) is 5.91 Å². The number of benzene rings is 1. The Morgan fingerprint density at radius 1 is 1.29 bits per heavy atom. The predicted molar refractivity (Wildman–Crippen MR) is 118 cm³/mol. The van der Waals surface area contributed by atoms with Gasteiger partial charge in [-0.15, -0.1) is 16.4 Å². The van der Waals surface area contributed by atoms with Crippen LogP contribution in [0.2, 0.25) is 0 Å². The first kappa shape index (κ1) is 21.4. The van der Waals surface area contributed by atoms with E-state index in [9.17, 15) is 13.2 Å².